The van der Waals surface area contributed by atoms with Crippen LogP contribution in [0.4, 0.5) is 46.5 Å². The van der Waals surface area contributed by atoms with E-state index in [0.29, 0.717) is 11.4 Å². The van der Waals surface area contributed by atoms with Gasteiger partial charge in [-0.05, 0) is 83.9 Å². The van der Waals surface area contributed by atoms with E-state index in [1.165, 1.54) is 74.9 Å². The zero-order valence-electron chi connectivity index (χ0n) is 31.4. The molecule has 0 fully saturated rings. The lowest BCUT2D eigenvalue weighted by Gasteiger charge is -2.12. The molecule has 2 heterocycles. The monoisotopic (exact) mass is 930 g/mol. The van der Waals surface area contributed by atoms with Crippen LogP contribution in [0.1, 0.15) is 11.1 Å². The number of ether oxygens (including phenoxy) is 2. The van der Waals surface area contributed by atoms with Gasteiger partial charge in [0, 0.05) is 22.7 Å². The summed E-state index contributed by atoms with van der Waals surface area (Å²) >= 11 is 0. The molecule has 0 aliphatic heterocycles. The lowest BCUT2D eigenvalue weighted by molar-refractivity contribution is 0.379. The first-order chi connectivity index (χ1) is 29.1. The van der Waals surface area contributed by atoms with Crippen LogP contribution in [-0.4, -0.2) is 96.0 Å². The molecule has 324 valence electrons. The Labute approximate surface area is 352 Å². The Balaban J connectivity index is 1.24. The largest absolute Gasteiger partial charge is 0.467 e. The van der Waals surface area contributed by atoms with Crippen molar-refractivity contribution < 1.29 is 61.4 Å². The van der Waals surface area contributed by atoms with Gasteiger partial charge in [-0.1, -0.05) is 24.3 Å². The Bertz CT molecular complexity index is 2950. The molecule has 6 rings (SSSR count). The van der Waals surface area contributed by atoms with Gasteiger partial charge in [-0.2, -0.15) is 63.6 Å². The highest BCUT2D eigenvalue weighted by atomic mass is 32.2. The second-order valence-electron chi connectivity index (χ2n) is 12.2. The normalized spacial score (nSPS) is 12.2. The first-order valence-corrected chi connectivity index (χ1v) is 22.6. The van der Waals surface area contributed by atoms with Crippen LogP contribution in [0.2, 0.25) is 0 Å². The first-order valence-electron chi connectivity index (χ1n) is 16.8. The molecular weight excluding hydrogens is 901 g/mol. The van der Waals surface area contributed by atoms with Gasteiger partial charge in [0.25, 0.3) is 40.5 Å². The minimum atomic E-state index is -4.93. The fourth-order valence-electron chi connectivity index (χ4n) is 5.18. The maximum atomic E-state index is 12.5. The highest BCUT2D eigenvalue weighted by Gasteiger charge is 2.20. The van der Waals surface area contributed by atoms with Gasteiger partial charge in [-0.15, -0.1) is 0 Å². The fourth-order valence-corrected chi connectivity index (χ4v) is 7.56. The number of aromatic nitrogens is 6. The van der Waals surface area contributed by atoms with Crippen molar-refractivity contribution >= 4 is 99.2 Å². The number of rotatable bonds is 16. The number of methoxy groups -OCH3 is 2. The SMILES string of the molecule is COc1nc(Nc2ccc(S(=O)(=O)O)cc2)nc(Nc2ccc(/C=C/c3ccc(Nc4nc(Nc5ccc(S(=O)(=O)O)cc5)nc(OC)n4)cc3S(=O)(=O)O)c(S(=O)(=O)O)c2)n1. The summed E-state index contributed by atoms with van der Waals surface area (Å²) in [5, 5.41) is 11.1. The number of hydrogen-bond acceptors (Lipinski definition) is 20. The molecule has 0 unspecified atom stereocenters. The summed E-state index contributed by atoms with van der Waals surface area (Å²) in [6, 6.07) is 16.8. The molecule has 6 aromatic rings. The van der Waals surface area contributed by atoms with E-state index in [9.17, 15) is 51.9 Å². The lowest BCUT2D eigenvalue weighted by atomic mass is 10.1. The van der Waals surface area contributed by atoms with Crippen LogP contribution in [0.15, 0.2) is 105 Å². The molecule has 0 saturated heterocycles. The maximum absolute atomic E-state index is 12.5. The molecule has 0 aliphatic rings. The van der Waals surface area contributed by atoms with Crippen molar-refractivity contribution in [1.29, 1.82) is 0 Å². The van der Waals surface area contributed by atoms with Crippen LogP contribution in [0.25, 0.3) is 12.2 Å². The van der Waals surface area contributed by atoms with Crippen molar-refractivity contribution in [1.82, 2.24) is 29.9 Å². The molecule has 0 amide bonds. The van der Waals surface area contributed by atoms with Crippen LogP contribution >= 0.6 is 0 Å². The molecule has 0 bridgehead atoms. The van der Waals surface area contributed by atoms with E-state index in [4.69, 9.17) is 9.47 Å². The highest BCUT2D eigenvalue weighted by molar-refractivity contribution is 7.86. The van der Waals surface area contributed by atoms with E-state index in [2.05, 4.69) is 51.2 Å². The van der Waals surface area contributed by atoms with Gasteiger partial charge in [0.05, 0.1) is 24.0 Å². The molecule has 24 nitrogen and oxygen atoms in total. The van der Waals surface area contributed by atoms with Gasteiger partial charge in [-0.3, -0.25) is 18.2 Å². The third-order valence-corrected chi connectivity index (χ3v) is 11.5. The molecule has 62 heavy (non-hydrogen) atoms. The van der Waals surface area contributed by atoms with Crippen molar-refractivity contribution in [3.8, 4) is 12.0 Å². The van der Waals surface area contributed by atoms with Gasteiger partial charge in [-0.25, -0.2) is 0 Å². The molecule has 4 aromatic carbocycles. The van der Waals surface area contributed by atoms with Crippen LogP contribution in [0.5, 0.6) is 12.0 Å². The van der Waals surface area contributed by atoms with Crippen LogP contribution < -0.4 is 30.7 Å². The van der Waals surface area contributed by atoms with E-state index < -0.39 is 50.3 Å². The van der Waals surface area contributed by atoms with Crippen LogP contribution in [-0.2, 0) is 40.5 Å². The van der Waals surface area contributed by atoms with Gasteiger partial charge < -0.3 is 30.7 Å². The van der Waals surface area contributed by atoms with E-state index >= 15 is 0 Å². The van der Waals surface area contributed by atoms with E-state index in [1.807, 2.05) is 0 Å². The lowest BCUT2D eigenvalue weighted by Crippen LogP contribution is -2.07. The Morgan fingerprint density at radius 1 is 0.419 bits per heavy atom. The Kier molecular flexibility index (Phi) is 12.7. The molecule has 0 spiro atoms. The zero-order chi connectivity index (χ0) is 45.0. The average Bonchev–Trinajstić information content (AvgIpc) is 3.19. The quantitative estimate of drug-likeness (QED) is 0.0498. The Morgan fingerprint density at radius 2 is 0.710 bits per heavy atom. The molecule has 28 heteroatoms. The summed E-state index contributed by atoms with van der Waals surface area (Å²) in [6.07, 6.45) is 2.34. The topological polar surface area (TPSA) is 361 Å². The van der Waals surface area contributed by atoms with Crippen LogP contribution in [0, 0.1) is 0 Å². The summed E-state index contributed by atoms with van der Waals surface area (Å²) < 4.78 is 145. The predicted octanol–water partition coefficient (Wildman–Crippen LogP) is 4.21. The molecule has 0 radical (unpaired) electrons. The molecule has 0 aliphatic carbocycles. The Morgan fingerprint density at radius 3 is 0.984 bits per heavy atom. The van der Waals surface area contributed by atoms with Crippen molar-refractivity contribution in [2.75, 3.05) is 35.5 Å². The van der Waals surface area contributed by atoms with E-state index in [0.717, 1.165) is 36.4 Å². The molecule has 8 N–H and O–H groups in total. The summed E-state index contributed by atoms with van der Waals surface area (Å²) in [5.41, 5.74) is 0.477. The van der Waals surface area contributed by atoms with E-state index in [1.54, 1.807) is 0 Å². The number of benzene rings is 4. The average molecular weight is 931 g/mol. The van der Waals surface area contributed by atoms with Crippen molar-refractivity contribution in [3.63, 3.8) is 0 Å². The standard InChI is InChI=1S/C34H30N10O14S4/c1-57-33-41-29(35-21-9-13-25(14-10-21)59(45,46)47)39-31(43-33)37-23-7-5-19(27(17-23)61(51,52)53)3-4-20-6-8-24(18-28(20)62(54,55)56)38-32-40-30(42-34(44-32)58-2)36-22-11-15-26(16-12-22)60(48,49)50/h3-18H,1-2H3,(H,45,46,47)(H,48,49,50)(H,51,52,53)(H,54,55,56)(H2,35,37,39,41,43)(H2,36,38,40,42,44)/b4-3+. The predicted molar refractivity (Wildman–Crippen MR) is 220 cm³/mol. The fraction of sp³-hybridized carbons (Fsp3) is 0.0588. The van der Waals surface area contributed by atoms with Crippen molar-refractivity contribution in [3.05, 3.63) is 96.1 Å². The second kappa shape index (κ2) is 17.6. The molecule has 0 saturated carbocycles. The minimum absolute atomic E-state index is 0.0453. The van der Waals surface area contributed by atoms with Gasteiger partial charge in [0.2, 0.25) is 23.8 Å². The minimum Gasteiger partial charge on any atom is -0.467 e. The molecule has 2 aromatic heterocycles. The van der Waals surface area contributed by atoms with Gasteiger partial charge in [0.15, 0.2) is 0 Å². The molecular formula is C34H30N10O14S4. The third-order valence-electron chi connectivity index (χ3n) is 7.95. The van der Waals surface area contributed by atoms with Gasteiger partial charge >= 0.3 is 12.0 Å². The number of nitrogens with one attached hydrogen (secondary N) is 4. The van der Waals surface area contributed by atoms with Crippen molar-refractivity contribution in [2.24, 2.45) is 0 Å². The third kappa shape index (κ3) is 11.5. The van der Waals surface area contributed by atoms with Crippen molar-refractivity contribution in [2.45, 2.75) is 19.6 Å². The summed E-state index contributed by atoms with van der Waals surface area (Å²) in [7, 11) is -16.2. The maximum Gasteiger partial charge on any atom is 0.322 e. The van der Waals surface area contributed by atoms with Gasteiger partial charge in [0.1, 0.15) is 9.79 Å². The van der Waals surface area contributed by atoms with E-state index in [-0.39, 0.29) is 68.1 Å². The summed E-state index contributed by atoms with van der Waals surface area (Å²) in [6.45, 7) is 0. The molecule has 0 atom stereocenters. The highest BCUT2D eigenvalue weighted by Crippen LogP contribution is 2.29. The summed E-state index contributed by atoms with van der Waals surface area (Å²) in [4.78, 5) is 22.7. The first kappa shape index (κ1) is 44.6. The number of hydrogen-bond donors (Lipinski definition) is 8. The summed E-state index contributed by atoms with van der Waals surface area (Å²) in [5.74, 6) is -0.519. The number of anilines is 8. The number of nitrogens with zero attached hydrogens (tertiary/aromatic N) is 6. The van der Waals surface area contributed by atoms with Crippen LogP contribution in [0.3, 0.4) is 0 Å². The smallest absolute Gasteiger partial charge is 0.322 e. The zero-order valence-corrected chi connectivity index (χ0v) is 34.7. The Hall–Kier alpha value is -6.92. The second-order valence-corrected chi connectivity index (χ2v) is 17.8.